The fraction of sp³-hybridized carbons (Fsp3) is 0.444. The van der Waals surface area contributed by atoms with Crippen LogP contribution in [-0.2, 0) is 9.53 Å². The van der Waals surface area contributed by atoms with E-state index in [4.69, 9.17) is 4.74 Å². The Balaban J connectivity index is 2.19. The van der Waals surface area contributed by atoms with E-state index in [0.29, 0.717) is 30.3 Å². The van der Waals surface area contributed by atoms with Crippen LogP contribution in [0.4, 0.5) is 0 Å². The molecule has 7 heteroatoms. The number of carbonyl (C=O) groups is 2. The number of fused-ring (bicyclic) bond motifs is 1. The second-order valence-electron chi connectivity index (χ2n) is 5.90. The summed E-state index contributed by atoms with van der Waals surface area (Å²) in [6.45, 7) is 6.10. The van der Waals surface area contributed by atoms with Crippen LogP contribution in [0.3, 0.4) is 0 Å². The Bertz CT molecular complexity index is 827. The summed E-state index contributed by atoms with van der Waals surface area (Å²) in [5.74, 6) is -0.650. The summed E-state index contributed by atoms with van der Waals surface area (Å²) in [6, 6.07) is 6.76. The minimum Gasteiger partial charge on any atom is -0.466 e. The Labute approximate surface area is 146 Å². The maximum atomic E-state index is 12.5. The summed E-state index contributed by atoms with van der Waals surface area (Å²) >= 11 is 0. The molecule has 0 saturated heterocycles. The van der Waals surface area contributed by atoms with Crippen LogP contribution in [0.15, 0.2) is 29.1 Å². The second-order valence-corrected chi connectivity index (χ2v) is 5.90. The van der Waals surface area contributed by atoms with E-state index in [1.807, 2.05) is 13.8 Å². The molecule has 1 amide bonds. The van der Waals surface area contributed by atoms with Crippen LogP contribution in [0.1, 0.15) is 50.1 Å². The molecule has 0 aliphatic rings. The number of ether oxygens (including phenoxy) is 1. The van der Waals surface area contributed by atoms with Crippen molar-refractivity contribution >= 4 is 22.6 Å². The van der Waals surface area contributed by atoms with Crippen molar-refractivity contribution in [2.75, 3.05) is 13.2 Å². The van der Waals surface area contributed by atoms with Crippen LogP contribution in [0.5, 0.6) is 0 Å². The molecule has 0 bridgehead atoms. The maximum Gasteiger partial charge on any atom is 0.305 e. The van der Waals surface area contributed by atoms with Gasteiger partial charge >= 0.3 is 5.97 Å². The molecule has 1 aromatic carbocycles. The number of amides is 1. The number of hydrogen-bond donors (Lipinski definition) is 1. The first-order valence-corrected chi connectivity index (χ1v) is 8.41. The molecular weight excluding hydrogens is 322 g/mol. The normalized spacial score (nSPS) is 10.9. The van der Waals surface area contributed by atoms with Gasteiger partial charge in [-0.25, -0.2) is 4.68 Å². The summed E-state index contributed by atoms with van der Waals surface area (Å²) in [7, 11) is 0. The predicted octanol–water partition coefficient (Wildman–Crippen LogP) is 2.05. The van der Waals surface area contributed by atoms with Gasteiger partial charge in [0.2, 0.25) is 0 Å². The minimum absolute atomic E-state index is 0.160. The molecule has 25 heavy (non-hydrogen) atoms. The number of rotatable bonds is 7. The van der Waals surface area contributed by atoms with Gasteiger partial charge in [-0.1, -0.05) is 18.2 Å². The zero-order chi connectivity index (χ0) is 18.4. The zero-order valence-corrected chi connectivity index (χ0v) is 14.7. The first kappa shape index (κ1) is 18.6. The Morgan fingerprint density at radius 3 is 2.56 bits per heavy atom. The Kier molecular flexibility index (Phi) is 6.27. The van der Waals surface area contributed by atoms with Gasteiger partial charge in [-0.3, -0.25) is 14.4 Å². The molecule has 1 N–H and O–H groups in total. The Morgan fingerprint density at radius 2 is 1.92 bits per heavy atom. The van der Waals surface area contributed by atoms with Gasteiger partial charge in [-0.2, -0.15) is 5.10 Å². The molecule has 134 valence electrons. The molecule has 0 spiro atoms. The zero-order valence-electron chi connectivity index (χ0n) is 14.7. The number of nitrogens with zero attached hydrogens (tertiary/aromatic N) is 2. The first-order chi connectivity index (χ1) is 12.0. The number of hydrogen-bond acceptors (Lipinski definition) is 5. The average molecular weight is 345 g/mol. The Morgan fingerprint density at radius 1 is 1.24 bits per heavy atom. The van der Waals surface area contributed by atoms with Crippen molar-refractivity contribution in [2.24, 2.45) is 0 Å². The molecule has 7 nitrogen and oxygen atoms in total. The second kappa shape index (κ2) is 8.41. The summed E-state index contributed by atoms with van der Waals surface area (Å²) in [6.07, 6.45) is 0.722. The highest BCUT2D eigenvalue weighted by Crippen LogP contribution is 2.14. The highest BCUT2D eigenvalue weighted by Gasteiger charge is 2.17. The topological polar surface area (TPSA) is 90.3 Å². The van der Waals surface area contributed by atoms with E-state index in [1.165, 1.54) is 4.68 Å². The molecule has 0 fully saturated rings. The first-order valence-electron chi connectivity index (χ1n) is 8.41. The lowest BCUT2D eigenvalue weighted by atomic mass is 10.1. The molecule has 0 saturated carbocycles. The van der Waals surface area contributed by atoms with Crippen molar-refractivity contribution in [3.05, 3.63) is 40.3 Å². The van der Waals surface area contributed by atoms with Crippen LogP contribution in [-0.4, -0.2) is 34.8 Å². The molecule has 0 aliphatic heterocycles. The summed E-state index contributed by atoms with van der Waals surface area (Å²) in [5, 5.41) is 7.97. The molecular formula is C18H23N3O4. The Hall–Kier alpha value is -2.70. The highest BCUT2D eigenvalue weighted by atomic mass is 16.5. The fourth-order valence-corrected chi connectivity index (χ4v) is 2.48. The van der Waals surface area contributed by atoms with Gasteiger partial charge in [-0.05, 0) is 33.3 Å². The van der Waals surface area contributed by atoms with Gasteiger partial charge in [0.1, 0.15) is 0 Å². The predicted molar refractivity (Wildman–Crippen MR) is 94.6 cm³/mol. The van der Waals surface area contributed by atoms with E-state index in [9.17, 15) is 14.4 Å². The van der Waals surface area contributed by atoms with Crippen molar-refractivity contribution in [2.45, 2.75) is 39.7 Å². The van der Waals surface area contributed by atoms with Crippen LogP contribution < -0.4 is 10.9 Å². The number of aromatic nitrogens is 2. The van der Waals surface area contributed by atoms with Crippen molar-refractivity contribution in [3.63, 3.8) is 0 Å². The smallest absolute Gasteiger partial charge is 0.305 e. The number of carbonyl (C=O) groups excluding carboxylic acids is 2. The van der Waals surface area contributed by atoms with E-state index in [1.54, 1.807) is 31.2 Å². The van der Waals surface area contributed by atoms with Crippen molar-refractivity contribution < 1.29 is 14.3 Å². The SMILES string of the molecule is CCOC(=O)CCCNC(=O)c1nn(C(C)C)c(=O)c2ccccc12. The van der Waals surface area contributed by atoms with Crippen LogP contribution in [0.25, 0.3) is 10.8 Å². The van der Waals surface area contributed by atoms with Gasteiger partial charge in [0.25, 0.3) is 11.5 Å². The minimum atomic E-state index is -0.366. The molecule has 0 aliphatic carbocycles. The van der Waals surface area contributed by atoms with Gasteiger partial charge in [0.15, 0.2) is 5.69 Å². The molecule has 1 aromatic heterocycles. The fourth-order valence-electron chi connectivity index (χ4n) is 2.48. The monoisotopic (exact) mass is 345 g/mol. The average Bonchev–Trinajstić information content (AvgIpc) is 2.59. The molecule has 0 atom stereocenters. The van der Waals surface area contributed by atoms with Crippen LogP contribution in [0, 0.1) is 0 Å². The number of benzene rings is 1. The highest BCUT2D eigenvalue weighted by molar-refractivity contribution is 6.04. The summed E-state index contributed by atoms with van der Waals surface area (Å²) in [4.78, 5) is 36.3. The number of esters is 1. The molecule has 2 aromatic rings. The van der Waals surface area contributed by atoms with E-state index in [0.717, 1.165) is 0 Å². The van der Waals surface area contributed by atoms with Gasteiger partial charge in [0, 0.05) is 18.4 Å². The third-order valence-corrected chi connectivity index (χ3v) is 3.68. The quantitative estimate of drug-likeness (QED) is 0.613. The van der Waals surface area contributed by atoms with Gasteiger partial charge < -0.3 is 10.1 Å². The van der Waals surface area contributed by atoms with Crippen molar-refractivity contribution in [3.8, 4) is 0 Å². The van der Waals surface area contributed by atoms with Gasteiger partial charge in [0.05, 0.1) is 18.0 Å². The van der Waals surface area contributed by atoms with Crippen molar-refractivity contribution in [1.82, 2.24) is 15.1 Å². The van der Waals surface area contributed by atoms with Gasteiger partial charge in [-0.15, -0.1) is 0 Å². The van der Waals surface area contributed by atoms with Crippen molar-refractivity contribution in [1.29, 1.82) is 0 Å². The largest absolute Gasteiger partial charge is 0.466 e. The van der Waals surface area contributed by atoms with E-state index < -0.39 is 0 Å². The molecule has 1 heterocycles. The standard InChI is InChI=1S/C18H23N3O4/c1-4-25-15(22)10-7-11-19-17(23)16-13-8-5-6-9-14(13)18(24)21(20-16)12(2)3/h5-6,8-9,12H,4,7,10-11H2,1-3H3,(H,19,23). The van der Waals surface area contributed by atoms with Crippen LogP contribution >= 0.6 is 0 Å². The summed E-state index contributed by atoms with van der Waals surface area (Å²) in [5.41, 5.74) is -0.00973. The lowest BCUT2D eigenvalue weighted by Gasteiger charge is -2.13. The third kappa shape index (κ3) is 4.43. The summed E-state index contributed by atoms with van der Waals surface area (Å²) < 4.78 is 6.16. The third-order valence-electron chi connectivity index (χ3n) is 3.68. The maximum absolute atomic E-state index is 12.5. The molecule has 2 rings (SSSR count). The molecule has 0 radical (unpaired) electrons. The van der Waals surface area contributed by atoms with E-state index in [2.05, 4.69) is 10.4 Å². The lowest BCUT2D eigenvalue weighted by molar-refractivity contribution is -0.143. The lowest BCUT2D eigenvalue weighted by Crippen LogP contribution is -2.32. The molecule has 0 unspecified atom stereocenters. The number of nitrogens with one attached hydrogen (secondary N) is 1. The van der Waals surface area contributed by atoms with E-state index in [-0.39, 0.29) is 35.6 Å². The van der Waals surface area contributed by atoms with Crippen LogP contribution in [0.2, 0.25) is 0 Å². The van der Waals surface area contributed by atoms with E-state index >= 15 is 0 Å².